The maximum absolute atomic E-state index is 11.3. The number of hydrogen-bond donors (Lipinski definition) is 1. The molecule has 2 heterocycles. The van der Waals surface area contributed by atoms with Crippen molar-refractivity contribution in [2.45, 2.75) is 19.6 Å². The van der Waals surface area contributed by atoms with Crippen LogP contribution in [0.3, 0.4) is 0 Å². The molecule has 1 N–H and O–H groups in total. The molecule has 6 heteroatoms. The smallest absolute Gasteiger partial charge is 0.407 e. The first-order valence-corrected chi connectivity index (χ1v) is 7.29. The van der Waals surface area contributed by atoms with E-state index in [1.807, 2.05) is 37.3 Å². The number of alkyl carbamates (subject to hydrolysis) is 1. The van der Waals surface area contributed by atoms with Gasteiger partial charge in [0, 0.05) is 11.8 Å². The van der Waals surface area contributed by atoms with Gasteiger partial charge in [-0.15, -0.1) is 0 Å². The molecule has 2 aromatic rings. The Balaban J connectivity index is 1.87. The van der Waals surface area contributed by atoms with Gasteiger partial charge in [0.1, 0.15) is 17.5 Å². The lowest BCUT2D eigenvalue weighted by molar-refractivity contribution is 0.138. The summed E-state index contributed by atoms with van der Waals surface area (Å²) in [5.41, 5.74) is 2.48. The zero-order valence-electron chi connectivity index (χ0n) is 12.0. The molecule has 1 unspecified atom stereocenters. The fourth-order valence-corrected chi connectivity index (χ4v) is 2.64. The Morgan fingerprint density at radius 1 is 1.41 bits per heavy atom. The lowest BCUT2D eigenvalue weighted by atomic mass is 10.1. The highest BCUT2D eigenvalue weighted by atomic mass is 35.5. The van der Waals surface area contributed by atoms with E-state index in [4.69, 9.17) is 21.1 Å². The highest BCUT2D eigenvalue weighted by molar-refractivity contribution is 6.29. The number of aromatic nitrogens is 1. The van der Waals surface area contributed by atoms with Crippen molar-refractivity contribution in [1.29, 1.82) is 0 Å². The average molecular weight is 319 g/mol. The first-order valence-electron chi connectivity index (χ1n) is 6.92. The van der Waals surface area contributed by atoms with Gasteiger partial charge >= 0.3 is 6.09 Å². The normalized spacial score (nSPS) is 17.0. The van der Waals surface area contributed by atoms with Crippen molar-refractivity contribution in [2.75, 3.05) is 6.54 Å². The minimum atomic E-state index is -0.437. The van der Waals surface area contributed by atoms with E-state index in [2.05, 4.69) is 10.3 Å². The first kappa shape index (κ1) is 14.7. The average Bonchev–Trinajstić information content (AvgIpc) is 2.91. The monoisotopic (exact) mass is 318 g/mol. The summed E-state index contributed by atoms with van der Waals surface area (Å²) in [6.07, 6.45) is -0.851. The number of hydrogen-bond acceptors (Lipinski definition) is 4. The van der Waals surface area contributed by atoms with E-state index in [0.29, 0.717) is 29.7 Å². The van der Waals surface area contributed by atoms with Gasteiger partial charge < -0.3 is 14.8 Å². The predicted octanol–water partition coefficient (Wildman–Crippen LogP) is 3.40. The molecule has 0 bridgehead atoms. The largest absolute Gasteiger partial charge is 0.488 e. The number of halogens is 1. The SMILES string of the molecule is Cc1nc(Cl)cc(OCc2ccccc2)c1C1CNC(=O)O1. The van der Waals surface area contributed by atoms with E-state index in [1.54, 1.807) is 6.07 Å². The van der Waals surface area contributed by atoms with E-state index in [0.717, 1.165) is 11.1 Å². The first-order chi connectivity index (χ1) is 10.6. The minimum Gasteiger partial charge on any atom is -0.488 e. The molecule has 0 spiro atoms. The Hall–Kier alpha value is -2.27. The predicted molar refractivity (Wildman–Crippen MR) is 82.0 cm³/mol. The van der Waals surface area contributed by atoms with Crippen molar-refractivity contribution >= 4 is 17.7 Å². The number of carbonyl (C=O) groups excluding carboxylic acids is 1. The minimum absolute atomic E-state index is 0.349. The Labute approximate surface area is 133 Å². The maximum atomic E-state index is 11.3. The third-order valence-electron chi connectivity index (χ3n) is 3.42. The number of aryl methyl sites for hydroxylation is 1. The van der Waals surface area contributed by atoms with Gasteiger partial charge in [0.25, 0.3) is 0 Å². The summed E-state index contributed by atoms with van der Waals surface area (Å²) in [7, 11) is 0. The molecule has 1 aromatic heterocycles. The van der Waals surface area contributed by atoms with Gasteiger partial charge in [0.05, 0.1) is 12.1 Å². The van der Waals surface area contributed by atoms with Crippen molar-refractivity contribution in [1.82, 2.24) is 10.3 Å². The molecule has 0 aliphatic carbocycles. The van der Waals surface area contributed by atoms with Crippen LogP contribution in [0.25, 0.3) is 0 Å². The summed E-state index contributed by atoms with van der Waals surface area (Å²) in [4.78, 5) is 15.5. The quantitative estimate of drug-likeness (QED) is 0.878. The van der Waals surface area contributed by atoms with Crippen molar-refractivity contribution < 1.29 is 14.3 Å². The number of carbonyl (C=O) groups is 1. The number of cyclic esters (lactones) is 1. The molecular formula is C16H15ClN2O3. The molecule has 1 amide bonds. The molecule has 3 rings (SSSR count). The van der Waals surface area contributed by atoms with Gasteiger partial charge in [-0.3, -0.25) is 0 Å². The molecule has 1 aromatic carbocycles. The Bertz CT molecular complexity index is 691. The van der Waals surface area contributed by atoms with Gasteiger partial charge in [-0.05, 0) is 12.5 Å². The Kier molecular flexibility index (Phi) is 4.15. The summed E-state index contributed by atoms with van der Waals surface area (Å²) < 4.78 is 11.1. The van der Waals surface area contributed by atoms with E-state index in [1.165, 1.54) is 0 Å². The van der Waals surface area contributed by atoms with Gasteiger partial charge in [0.15, 0.2) is 6.10 Å². The number of benzene rings is 1. The second kappa shape index (κ2) is 6.23. The highest BCUT2D eigenvalue weighted by Gasteiger charge is 2.29. The van der Waals surface area contributed by atoms with Crippen molar-refractivity contribution in [3.63, 3.8) is 0 Å². The van der Waals surface area contributed by atoms with Crippen LogP contribution in [-0.4, -0.2) is 17.6 Å². The third-order valence-corrected chi connectivity index (χ3v) is 3.61. The molecule has 5 nitrogen and oxygen atoms in total. The number of nitrogens with zero attached hydrogens (tertiary/aromatic N) is 1. The summed E-state index contributed by atoms with van der Waals surface area (Å²) >= 11 is 6.02. The van der Waals surface area contributed by atoms with Crippen molar-refractivity contribution in [2.24, 2.45) is 0 Å². The second-order valence-corrected chi connectivity index (χ2v) is 5.38. The molecule has 114 valence electrons. The lowest BCUT2D eigenvalue weighted by Gasteiger charge is -2.17. The maximum Gasteiger partial charge on any atom is 0.407 e. The lowest BCUT2D eigenvalue weighted by Crippen LogP contribution is -2.13. The Morgan fingerprint density at radius 3 is 2.86 bits per heavy atom. The Morgan fingerprint density at radius 2 is 2.18 bits per heavy atom. The van der Waals surface area contributed by atoms with E-state index >= 15 is 0 Å². The van der Waals surface area contributed by atoms with Crippen LogP contribution >= 0.6 is 11.6 Å². The van der Waals surface area contributed by atoms with Crippen LogP contribution in [0.15, 0.2) is 36.4 Å². The van der Waals surface area contributed by atoms with Gasteiger partial charge in [-0.25, -0.2) is 9.78 Å². The molecule has 1 aliphatic heterocycles. The summed E-state index contributed by atoms with van der Waals surface area (Å²) in [5.74, 6) is 0.586. The molecule has 1 fully saturated rings. The van der Waals surface area contributed by atoms with Crippen LogP contribution in [0.4, 0.5) is 4.79 Å². The fourth-order valence-electron chi connectivity index (χ4n) is 2.41. The van der Waals surface area contributed by atoms with Crippen molar-refractivity contribution in [3.8, 4) is 5.75 Å². The highest BCUT2D eigenvalue weighted by Crippen LogP contribution is 2.34. The third kappa shape index (κ3) is 3.14. The van der Waals surface area contributed by atoms with Gasteiger partial charge in [0.2, 0.25) is 0 Å². The van der Waals surface area contributed by atoms with Crippen molar-refractivity contribution in [3.05, 3.63) is 58.4 Å². The zero-order chi connectivity index (χ0) is 15.5. The van der Waals surface area contributed by atoms with Crippen LogP contribution in [0.5, 0.6) is 5.75 Å². The van der Waals surface area contributed by atoms with Gasteiger partial charge in [-0.2, -0.15) is 0 Å². The number of nitrogens with one attached hydrogen (secondary N) is 1. The molecule has 1 atom stereocenters. The number of amides is 1. The molecule has 22 heavy (non-hydrogen) atoms. The zero-order valence-corrected chi connectivity index (χ0v) is 12.8. The molecule has 1 saturated heterocycles. The second-order valence-electron chi connectivity index (χ2n) is 4.99. The molecular weight excluding hydrogens is 304 g/mol. The summed E-state index contributed by atoms with van der Waals surface area (Å²) in [5, 5.41) is 2.98. The van der Waals surface area contributed by atoms with Crippen LogP contribution in [0.1, 0.15) is 22.9 Å². The van der Waals surface area contributed by atoms with Crippen LogP contribution < -0.4 is 10.1 Å². The molecule has 0 radical (unpaired) electrons. The van der Waals surface area contributed by atoms with Crippen LogP contribution in [0, 0.1) is 6.92 Å². The van der Waals surface area contributed by atoms with Crippen LogP contribution in [-0.2, 0) is 11.3 Å². The standard InChI is InChI=1S/C16H15ClN2O3/c1-10-15(13-8-18-16(20)22-13)12(7-14(17)19-10)21-9-11-5-3-2-4-6-11/h2-7,13H,8-9H2,1H3,(H,18,20). The number of pyridine rings is 1. The summed E-state index contributed by atoms with van der Waals surface area (Å²) in [6, 6.07) is 11.5. The fraction of sp³-hybridized carbons (Fsp3) is 0.250. The van der Waals surface area contributed by atoms with E-state index in [9.17, 15) is 4.79 Å². The number of rotatable bonds is 4. The van der Waals surface area contributed by atoms with E-state index < -0.39 is 12.2 Å². The molecule has 0 saturated carbocycles. The summed E-state index contributed by atoms with van der Waals surface area (Å²) in [6.45, 7) is 2.62. The van der Waals surface area contributed by atoms with E-state index in [-0.39, 0.29) is 0 Å². The topological polar surface area (TPSA) is 60.5 Å². The van der Waals surface area contributed by atoms with Gasteiger partial charge in [-0.1, -0.05) is 41.9 Å². The molecule has 1 aliphatic rings. The van der Waals surface area contributed by atoms with Crippen LogP contribution in [0.2, 0.25) is 5.15 Å². The number of ether oxygens (including phenoxy) is 2.